The lowest BCUT2D eigenvalue weighted by molar-refractivity contribution is -0.161. The van der Waals surface area contributed by atoms with Gasteiger partial charge in [-0.15, -0.1) is 0 Å². The van der Waals surface area contributed by atoms with Crippen LogP contribution in [-0.4, -0.2) is 95.9 Å². The van der Waals surface area contributed by atoms with Crippen LogP contribution in [0.25, 0.3) is 0 Å². The van der Waals surface area contributed by atoms with Gasteiger partial charge in [-0.3, -0.25) is 32.5 Å². The first-order valence-corrected chi connectivity index (χ1v) is 49.1. The molecule has 0 aliphatic heterocycles. The van der Waals surface area contributed by atoms with Crippen LogP contribution in [0.2, 0.25) is 0 Å². The summed E-state index contributed by atoms with van der Waals surface area (Å²) < 4.78 is 61.5. The maximum absolute atomic E-state index is 13.1. The monoisotopic (exact) mass is 1670 g/mol. The van der Waals surface area contributed by atoms with Crippen molar-refractivity contribution in [1.29, 1.82) is 0 Å². The van der Waals surface area contributed by atoms with Gasteiger partial charge in [0, 0.05) is 19.3 Å². The molecule has 0 saturated heterocycles. The number of rotatable bonds is 86. The molecular formula is C99H166O16P2. The third kappa shape index (κ3) is 91.2. The molecule has 0 aliphatic rings. The van der Waals surface area contributed by atoms with Gasteiger partial charge in [0.25, 0.3) is 0 Å². The average Bonchev–Trinajstić information content (AvgIpc) is 0.902. The zero-order valence-corrected chi connectivity index (χ0v) is 75.4. The van der Waals surface area contributed by atoms with E-state index in [2.05, 4.69) is 203 Å². The van der Waals surface area contributed by atoms with Crippen molar-refractivity contribution >= 4 is 33.6 Å². The van der Waals surface area contributed by atoms with E-state index >= 15 is 0 Å². The number of ether oxygens (including phenoxy) is 3. The fourth-order valence-electron chi connectivity index (χ4n) is 12.2. The first-order chi connectivity index (χ1) is 57.2. The van der Waals surface area contributed by atoms with E-state index in [9.17, 15) is 43.5 Å². The molecule has 0 amide bonds. The van der Waals surface area contributed by atoms with Crippen molar-refractivity contribution in [3.63, 3.8) is 0 Å². The molecular weight excluding hydrogens is 1510 g/mol. The van der Waals surface area contributed by atoms with Gasteiger partial charge in [0.1, 0.15) is 25.4 Å². The van der Waals surface area contributed by atoms with Crippen molar-refractivity contribution in [2.45, 2.75) is 386 Å². The Morgan fingerprint density at radius 2 is 0.453 bits per heavy atom. The van der Waals surface area contributed by atoms with Crippen LogP contribution in [0.4, 0.5) is 0 Å². The van der Waals surface area contributed by atoms with Gasteiger partial charge in [-0.25, -0.2) is 9.13 Å². The third-order valence-corrected chi connectivity index (χ3v) is 21.0. The molecule has 0 aliphatic carbocycles. The Morgan fingerprint density at radius 3 is 0.718 bits per heavy atom. The summed E-state index contributed by atoms with van der Waals surface area (Å²) >= 11 is 0. The van der Waals surface area contributed by atoms with Gasteiger partial charge < -0.3 is 34.2 Å². The van der Waals surface area contributed by atoms with Crippen LogP contribution in [0.15, 0.2) is 182 Å². The van der Waals surface area contributed by atoms with E-state index in [1.165, 1.54) is 122 Å². The number of phosphoric ester groups is 2. The second kappa shape index (κ2) is 89.9. The summed E-state index contributed by atoms with van der Waals surface area (Å²) in [4.78, 5) is 59.0. The molecule has 0 aromatic rings. The van der Waals surface area contributed by atoms with Gasteiger partial charge in [0.2, 0.25) is 0 Å². The summed E-state index contributed by atoms with van der Waals surface area (Å²) in [5, 5.41) is 20.7. The summed E-state index contributed by atoms with van der Waals surface area (Å²) in [7, 11) is -9.82. The smallest absolute Gasteiger partial charge is 0.463 e. The molecule has 0 rings (SSSR count). The Morgan fingerprint density at radius 1 is 0.248 bits per heavy atom. The zero-order valence-electron chi connectivity index (χ0n) is 73.6. The summed E-state index contributed by atoms with van der Waals surface area (Å²) in [6.07, 6.45) is 118. The lowest BCUT2D eigenvalue weighted by Crippen LogP contribution is -2.30. The van der Waals surface area contributed by atoms with Crippen LogP contribution in [0, 0.1) is 0 Å². The van der Waals surface area contributed by atoms with E-state index in [1.807, 2.05) is 0 Å². The molecule has 18 heteroatoms. The van der Waals surface area contributed by atoms with Crippen LogP contribution < -0.4 is 0 Å². The zero-order chi connectivity index (χ0) is 85.1. The van der Waals surface area contributed by atoms with Crippen molar-refractivity contribution in [2.75, 3.05) is 39.6 Å². The van der Waals surface area contributed by atoms with E-state index in [-0.39, 0.29) is 19.3 Å². The maximum Gasteiger partial charge on any atom is 0.472 e. The minimum atomic E-state index is -4.95. The summed E-state index contributed by atoms with van der Waals surface area (Å²) in [6, 6.07) is 0. The normalized spacial score (nSPS) is 14.6. The third-order valence-electron chi connectivity index (χ3n) is 19.1. The number of carbonyl (C=O) groups excluding carboxylic acids is 3. The SMILES string of the molecule is CC/C=C\C/C=C\C/C=C\C/C=C\C/C=C\C/C=C\CCCCCCCCCCCCCCCCC(=O)OCC(O)COP(=O)(O)OCC(O)COP(=O)(O)OCC(COC(=O)CCCCCCCCCCCCC/C=C\C/C=C\C/C=C\C/C=C\C/C=C\CC)OC(=O)CCCCCCC/C=C\C/C=C\C/C=C\C/C=C\CCCCC. The molecule has 0 aromatic heterocycles. The molecule has 0 bridgehead atoms. The molecule has 16 nitrogen and oxygen atoms in total. The second-order valence-corrected chi connectivity index (χ2v) is 33.2. The Kier molecular flexibility index (Phi) is 85.8. The fourth-order valence-corrected chi connectivity index (χ4v) is 13.8. The standard InChI is InChI=1S/C99H166O16P2/c1-4-7-10-13-16-19-22-25-28-31-34-37-39-41-43-44-45-46-47-48-50-52-53-56-58-61-64-67-70-73-76-79-82-85-97(102)109-88-94(100)89-111-116(105,106)112-90-95(101)91-113-117(107,108)114-93-96(115-99(104)87-84-81-78-75-72-69-66-63-60-55-36-33-30-27-24-21-18-15-12-9-6-3)92-110-98(103)86-83-80-77-74-71-68-65-62-59-57-54-51-49-42-40-38-35-32-29-26-23-20-17-14-11-8-5-2/h7-8,10-11,16-21,25-30,34-38,41-43,45-46,49,55,63,66,94-96,100-101H,4-6,9,12-15,22-24,31-33,39-40,44,47-48,50-54,56-62,64-65,67-93H2,1-3H3,(H,105,106)(H,107,108)/b10-7-,11-8-,19-16-,20-17-,21-18-,28-25-,29-26-,30-27-,37-34-,38-35-,43-41-,46-45-,49-42-,55-36-,66-63-. The first kappa shape index (κ1) is 112. The minimum absolute atomic E-state index is 0.0783. The molecule has 117 heavy (non-hydrogen) atoms. The number of aliphatic hydroxyl groups excluding tert-OH is 2. The second-order valence-electron chi connectivity index (χ2n) is 30.3. The van der Waals surface area contributed by atoms with E-state index < -0.39 is 91.5 Å². The van der Waals surface area contributed by atoms with Crippen molar-refractivity contribution in [3.8, 4) is 0 Å². The predicted molar refractivity (Wildman–Crippen MR) is 491 cm³/mol. The van der Waals surface area contributed by atoms with Crippen molar-refractivity contribution in [2.24, 2.45) is 0 Å². The first-order valence-electron chi connectivity index (χ1n) is 46.1. The van der Waals surface area contributed by atoms with Crippen LogP contribution >= 0.6 is 15.6 Å². The highest BCUT2D eigenvalue weighted by Gasteiger charge is 2.29. The fraction of sp³-hybridized carbons (Fsp3) is 0.667. The Bertz CT molecular complexity index is 2860. The highest BCUT2D eigenvalue weighted by molar-refractivity contribution is 7.47. The van der Waals surface area contributed by atoms with Gasteiger partial charge in [-0.1, -0.05) is 370 Å². The summed E-state index contributed by atoms with van der Waals surface area (Å²) in [5.74, 6) is -1.60. The molecule has 0 heterocycles. The number of unbranched alkanes of at least 4 members (excludes halogenated alkanes) is 33. The lowest BCUT2D eigenvalue weighted by atomic mass is 10.0. The van der Waals surface area contributed by atoms with Gasteiger partial charge in [-0.2, -0.15) is 0 Å². The molecule has 5 atom stereocenters. The molecule has 668 valence electrons. The largest absolute Gasteiger partial charge is 0.472 e. The van der Waals surface area contributed by atoms with Crippen LogP contribution in [0.1, 0.15) is 367 Å². The van der Waals surface area contributed by atoms with E-state index in [0.717, 1.165) is 186 Å². The van der Waals surface area contributed by atoms with Gasteiger partial charge in [-0.05, 0) is 161 Å². The van der Waals surface area contributed by atoms with E-state index in [0.29, 0.717) is 19.3 Å². The Hall–Kier alpha value is -5.35. The average molecular weight is 1670 g/mol. The number of carbonyl (C=O) groups is 3. The lowest BCUT2D eigenvalue weighted by Gasteiger charge is -2.21. The molecule has 0 radical (unpaired) electrons. The van der Waals surface area contributed by atoms with Crippen molar-refractivity contribution in [3.05, 3.63) is 182 Å². The van der Waals surface area contributed by atoms with Gasteiger partial charge in [0.05, 0.1) is 26.4 Å². The van der Waals surface area contributed by atoms with E-state index in [1.54, 1.807) is 0 Å². The maximum atomic E-state index is 13.1. The van der Waals surface area contributed by atoms with Crippen molar-refractivity contribution in [1.82, 2.24) is 0 Å². The highest BCUT2D eigenvalue weighted by Crippen LogP contribution is 2.45. The van der Waals surface area contributed by atoms with Crippen LogP contribution in [0.5, 0.6) is 0 Å². The van der Waals surface area contributed by atoms with Crippen LogP contribution in [-0.2, 0) is 55.8 Å². The topological polar surface area (TPSA) is 231 Å². The number of hydrogen-bond donors (Lipinski definition) is 4. The number of allylic oxidation sites excluding steroid dienone is 30. The summed E-state index contributed by atoms with van der Waals surface area (Å²) in [5.41, 5.74) is 0. The molecule has 5 unspecified atom stereocenters. The van der Waals surface area contributed by atoms with E-state index in [4.69, 9.17) is 32.3 Å². The molecule has 0 spiro atoms. The minimum Gasteiger partial charge on any atom is -0.463 e. The number of phosphoric acid groups is 2. The Balaban J connectivity index is 4.59. The molecule has 4 N–H and O–H groups in total. The number of aliphatic hydroxyl groups is 2. The van der Waals surface area contributed by atoms with Crippen LogP contribution in [0.3, 0.4) is 0 Å². The quantitative estimate of drug-likeness (QED) is 0.0146. The number of esters is 3. The van der Waals surface area contributed by atoms with Gasteiger partial charge >= 0.3 is 33.6 Å². The molecule has 0 fully saturated rings. The Labute approximate surface area is 713 Å². The molecule has 0 saturated carbocycles. The summed E-state index contributed by atoms with van der Waals surface area (Å²) in [6.45, 7) is 2.43. The van der Waals surface area contributed by atoms with Gasteiger partial charge in [0.15, 0.2) is 6.10 Å². The molecule has 0 aromatic carbocycles. The number of hydrogen-bond acceptors (Lipinski definition) is 14. The predicted octanol–water partition coefficient (Wildman–Crippen LogP) is 28.4. The highest BCUT2D eigenvalue weighted by atomic mass is 31.2. The van der Waals surface area contributed by atoms with Crippen molar-refractivity contribution < 1.29 is 75.8 Å².